The molecule has 4 heteroatoms. The SMILES string of the molecule is COc1cccc(Cl)c1CNCCc1cccnc1. The minimum atomic E-state index is 0.698. The zero-order valence-corrected chi connectivity index (χ0v) is 11.7. The van der Waals surface area contributed by atoms with Gasteiger partial charge in [-0.25, -0.2) is 0 Å². The molecule has 2 aromatic rings. The van der Waals surface area contributed by atoms with Crippen LogP contribution in [0.3, 0.4) is 0 Å². The van der Waals surface area contributed by atoms with E-state index in [0.717, 1.165) is 29.3 Å². The van der Waals surface area contributed by atoms with Crippen LogP contribution in [0.2, 0.25) is 5.02 Å². The van der Waals surface area contributed by atoms with Crippen molar-refractivity contribution in [1.82, 2.24) is 10.3 Å². The average Bonchev–Trinajstić information content (AvgIpc) is 2.46. The van der Waals surface area contributed by atoms with Crippen LogP contribution in [0.1, 0.15) is 11.1 Å². The zero-order valence-electron chi connectivity index (χ0n) is 10.9. The molecule has 1 N–H and O–H groups in total. The molecule has 3 nitrogen and oxygen atoms in total. The predicted molar refractivity (Wildman–Crippen MR) is 77.7 cm³/mol. The molecule has 0 bridgehead atoms. The molecule has 100 valence electrons. The van der Waals surface area contributed by atoms with Gasteiger partial charge in [0.2, 0.25) is 0 Å². The molecule has 0 atom stereocenters. The third-order valence-corrected chi connectivity index (χ3v) is 3.26. The number of nitrogens with one attached hydrogen (secondary N) is 1. The summed E-state index contributed by atoms with van der Waals surface area (Å²) in [6.45, 7) is 1.57. The first-order valence-electron chi connectivity index (χ1n) is 6.22. The fraction of sp³-hybridized carbons (Fsp3) is 0.267. The monoisotopic (exact) mass is 276 g/mol. The first kappa shape index (κ1) is 13.8. The Labute approximate surface area is 118 Å². The summed E-state index contributed by atoms with van der Waals surface area (Å²) in [4.78, 5) is 4.09. The van der Waals surface area contributed by atoms with Crippen molar-refractivity contribution in [2.75, 3.05) is 13.7 Å². The van der Waals surface area contributed by atoms with Crippen molar-refractivity contribution < 1.29 is 4.74 Å². The van der Waals surface area contributed by atoms with Gasteiger partial charge in [-0.3, -0.25) is 4.98 Å². The van der Waals surface area contributed by atoms with E-state index in [-0.39, 0.29) is 0 Å². The minimum Gasteiger partial charge on any atom is -0.496 e. The molecule has 0 saturated carbocycles. The van der Waals surface area contributed by atoms with Crippen molar-refractivity contribution in [1.29, 1.82) is 0 Å². The Bertz CT molecular complexity index is 517. The molecule has 0 unspecified atom stereocenters. The number of hydrogen-bond acceptors (Lipinski definition) is 3. The van der Waals surface area contributed by atoms with Gasteiger partial charge >= 0.3 is 0 Å². The fourth-order valence-electron chi connectivity index (χ4n) is 1.89. The second-order valence-corrected chi connectivity index (χ2v) is 4.62. The normalized spacial score (nSPS) is 10.4. The summed E-state index contributed by atoms with van der Waals surface area (Å²) in [6.07, 6.45) is 4.61. The predicted octanol–water partition coefficient (Wildman–Crippen LogP) is 3.08. The second kappa shape index (κ2) is 7.12. The molecule has 1 aromatic carbocycles. The largest absolute Gasteiger partial charge is 0.496 e. The van der Waals surface area contributed by atoms with Gasteiger partial charge in [-0.15, -0.1) is 0 Å². The summed E-state index contributed by atoms with van der Waals surface area (Å²) in [5.74, 6) is 0.821. The Morgan fingerprint density at radius 3 is 2.89 bits per heavy atom. The van der Waals surface area contributed by atoms with Gasteiger partial charge in [0.15, 0.2) is 0 Å². The molecule has 19 heavy (non-hydrogen) atoms. The minimum absolute atomic E-state index is 0.698. The summed E-state index contributed by atoms with van der Waals surface area (Å²) in [5, 5.41) is 4.10. The van der Waals surface area contributed by atoms with Crippen LogP contribution < -0.4 is 10.1 Å². The van der Waals surface area contributed by atoms with Crippen molar-refractivity contribution in [3.05, 3.63) is 58.9 Å². The smallest absolute Gasteiger partial charge is 0.124 e. The third kappa shape index (κ3) is 3.94. The number of aromatic nitrogens is 1. The number of rotatable bonds is 6. The highest BCUT2D eigenvalue weighted by Crippen LogP contribution is 2.25. The van der Waals surface area contributed by atoms with E-state index in [0.29, 0.717) is 6.54 Å². The maximum atomic E-state index is 6.17. The number of nitrogens with zero attached hydrogens (tertiary/aromatic N) is 1. The number of benzene rings is 1. The Balaban J connectivity index is 1.86. The first-order chi connectivity index (χ1) is 9.31. The zero-order chi connectivity index (χ0) is 13.5. The van der Waals surface area contributed by atoms with Crippen molar-refractivity contribution in [3.8, 4) is 5.75 Å². The van der Waals surface area contributed by atoms with Gasteiger partial charge in [-0.1, -0.05) is 23.7 Å². The molecular weight excluding hydrogens is 260 g/mol. The molecule has 0 fully saturated rings. The van der Waals surface area contributed by atoms with Gasteiger partial charge in [0, 0.05) is 29.5 Å². The summed E-state index contributed by atoms with van der Waals surface area (Å²) in [6, 6.07) is 9.71. The lowest BCUT2D eigenvalue weighted by atomic mass is 10.2. The van der Waals surface area contributed by atoms with Crippen LogP contribution in [-0.2, 0) is 13.0 Å². The molecule has 1 heterocycles. The van der Waals surface area contributed by atoms with Crippen LogP contribution in [-0.4, -0.2) is 18.6 Å². The van der Waals surface area contributed by atoms with E-state index in [2.05, 4.69) is 16.4 Å². The lowest BCUT2D eigenvalue weighted by molar-refractivity contribution is 0.408. The van der Waals surface area contributed by atoms with Gasteiger partial charge in [0.1, 0.15) is 5.75 Å². The summed E-state index contributed by atoms with van der Waals surface area (Å²) >= 11 is 6.17. The molecule has 0 aliphatic carbocycles. The molecule has 0 aliphatic rings. The van der Waals surface area contributed by atoms with E-state index in [9.17, 15) is 0 Å². The van der Waals surface area contributed by atoms with E-state index in [4.69, 9.17) is 16.3 Å². The topological polar surface area (TPSA) is 34.1 Å². The van der Waals surface area contributed by atoms with Gasteiger partial charge in [0.25, 0.3) is 0 Å². The van der Waals surface area contributed by atoms with Crippen molar-refractivity contribution in [2.45, 2.75) is 13.0 Å². The number of hydrogen-bond donors (Lipinski definition) is 1. The summed E-state index contributed by atoms with van der Waals surface area (Å²) in [7, 11) is 1.66. The Morgan fingerprint density at radius 1 is 1.26 bits per heavy atom. The van der Waals surface area contributed by atoms with Crippen LogP contribution in [0, 0.1) is 0 Å². The van der Waals surface area contributed by atoms with E-state index < -0.39 is 0 Å². The molecule has 0 radical (unpaired) electrons. The average molecular weight is 277 g/mol. The van der Waals surface area contributed by atoms with Gasteiger partial charge < -0.3 is 10.1 Å². The van der Waals surface area contributed by atoms with Crippen LogP contribution in [0.25, 0.3) is 0 Å². The first-order valence-corrected chi connectivity index (χ1v) is 6.60. The molecular formula is C15H17ClN2O. The number of ether oxygens (including phenoxy) is 1. The highest BCUT2D eigenvalue weighted by Gasteiger charge is 2.06. The van der Waals surface area contributed by atoms with Crippen LogP contribution >= 0.6 is 11.6 Å². The van der Waals surface area contributed by atoms with Crippen LogP contribution in [0.4, 0.5) is 0 Å². The Morgan fingerprint density at radius 2 is 2.16 bits per heavy atom. The van der Waals surface area contributed by atoms with Crippen LogP contribution in [0.15, 0.2) is 42.7 Å². The standard InChI is InChI=1S/C15H17ClN2O/c1-19-15-6-2-5-14(16)13(15)11-18-9-7-12-4-3-8-17-10-12/h2-6,8,10,18H,7,9,11H2,1H3. The summed E-state index contributed by atoms with van der Waals surface area (Å²) < 4.78 is 5.31. The Hall–Kier alpha value is -1.58. The molecule has 0 spiro atoms. The maximum Gasteiger partial charge on any atom is 0.124 e. The Kier molecular flexibility index (Phi) is 5.19. The van der Waals surface area contributed by atoms with Crippen LogP contribution in [0.5, 0.6) is 5.75 Å². The maximum absolute atomic E-state index is 6.17. The van der Waals surface area contributed by atoms with E-state index in [1.54, 1.807) is 13.3 Å². The molecule has 0 aliphatic heterocycles. The molecule has 0 amide bonds. The van der Waals surface area contributed by atoms with E-state index in [1.807, 2.05) is 30.5 Å². The van der Waals surface area contributed by atoms with Gasteiger partial charge in [-0.05, 0) is 36.7 Å². The quantitative estimate of drug-likeness (QED) is 0.824. The number of pyridine rings is 1. The fourth-order valence-corrected chi connectivity index (χ4v) is 2.13. The number of methoxy groups -OCH3 is 1. The summed E-state index contributed by atoms with van der Waals surface area (Å²) in [5.41, 5.74) is 2.22. The number of halogens is 1. The second-order valence-electron chi connectivity index (χ2n) is 4.21. The van der Waals surface area contributed by atoms with Crippen molar-refractivity contribution in [2.24, 2.45) is 0 Å². The van der Waals surface area contributed by atoms with E-state index in [1.165, 1.54) is 5.56 Å². The molecule has 1 aromatic heterocycles. The van der Waals surface area contributed by atoms with Gasteiger partial charge in [-0.2, -0.15) is 0 Å². The van der Waals surface area contributed by atoms with Gasteiger partial charge in [0.05, 0.1) is 7.11 Å². The molecule has 0 saturated heterocycles. The lowest BCUT2D eigenvalue weighted by Gasteiger charge is -2.11. The highest BCUT2D eigenvalue weighted by molar-refractivity contribution is 6.31. The molecule has 2 rings (SSSR count). The highest BCUT2D eigenvalue weighted by atomic mass is 35.5. The van der Waals surface area contributed by atoms with Crippen molar-refractivity contribution >= 4 is 11.6 Å². The van der Waals surface area contributed by atoms with Crippen molar-refractivity contribution in [3.63, 3.8) is 0 Å². The van der Waals surface area contributed by atoms with E-state index >= 15 is 0 Å². The lowest BCUT2D eigenvalue weighted by Crippen LogP contribution is -2.17. The third-order valence-electron chi connectivity index (χ3n) is 2.91.